The van der Waals surface area contributed by atoms with Crippen LogP contribution < -0.4 is 4.74 Å². The summed E-state index contributed by atoms with van der Waals surface area (Å²) in [7, 11) is 1.01. The summed E-state index contributed by atoms with van der Waals surface area (Å²) in [6, 6.07) is 0.843. The van der Waals surface area contributed by atoms with Crippen LogP contribution in [0, 0.1) is 3.57 Å². The Labute approximate surface area is 107 Å². The Kier molecular flexibility index (Phi) is 4.01. The van der Waals surface area contributed by atoms with E-state index >= 15 is 0 Å². The van der Waals surface area contributed by atoms with Gasteiger partial charge in [-0.15, -0.1) is 13.2 Å². The topological polar surface area (TPSA) is 68.7 Å². The standard InChI is InChI=1S/C8H5F3INO4/c1-16-7(15)5-6(14)3(12)2-4(13-5)17-8(9,10)11/h2,14H,1H3. The molecule has 0 aliphatic heterocycles. The van der Waals surface area contributed by atoms with Crippen LogP contribution in [0.4, 0.5) is 13.2 Å². The monoisotopic (exact) mass is 363 g/mol. The van der Waals surface area contributed by atoms with Crippen molar-refractivity contribution in [2.75, 3.05) is 7.11 Å². The van der Waals surface area contributed by atoms with Crippen molar-refractivity contribution in [1.29, 1.82) is 0 Å². The van der Waals surface area contributed by atoms with Crippen molar-refractivity contribution in [2.24, 2.45) is 0 Å². The van der Waals surface area contributed by atoms with Gasteiger partial charge in [0, 0.05) is 6.07 Å². The molecule has 0 aromatic carbocycles. The molecule has 1 aromatic heterocycles. The van der Waals surface area contributed by atoms with Crippen LogP contribution in [-0.2, 0) is 4.74 Å². The molecule has 94 valence electrons. The normalized spacial score (nSPS) is 11.1. The van der Waals surface area contributed by atoms with Crippen molar-refractivity contribution in [3.05, 3.63) is 15.3 Å². The van der Waals surface area contributed by atoms with Gasteiger partial charge in [-0.25, -0.2) is 9.78 Å². The Balaban J connectivity index is 3.19. The Morgan fingerprint density at radius 3 is 2.59 bits per heavy atom. The minimum atomic E-state index is -4.93. The molecule has 1 aromatic rings. The van der Waals surface area contributed by atoms with Crippen LogP contribution in [0.1, 0.15) is 10.5 Å². The van der Waals surface area contributed by atoms with Crippen LogP contribution >= 0.6 is 22.6 Å². The maximum atomic E-state index is 11.9. The lowest BCUT2D eigenvalue weighted by Crippen LogP contribution is -2.19. The number of nitrogens with zero attached hydrogens (tertiary/aromatic N) is 1. The van der Waals surface area contributed by atoms with Gasteiger partial charge >= 0.3 is 12.3 Å². The van der Waals surface area contributed by atoms with Crippen LogP contribution in [0.15, 0.2) is 6.07 Å². The molecule has 5 nitrogen and oxygen atoms in total. The molecular weight excluding hydrogens is 358 g/mol. The molecule has 17 heavy (non-hydrogen) atoms. The zero-order chi connectivity index (χ0) is 13.2. The van der Waals surface area contributed by atoms with Gasteiger partial charge in [0.05, 0.1) is 10.7 Å². The van der Waals surface area contributed by atoms with E-state index in [0.29, 0.717) is 0 Å². The molecule has 0 amide bonds. The molecule has 0 aliphatic carbocycles. The van der Waals surface area contributed by atoms with Crippen LogP contribution in [-0.4, -0.2) is 29.5 Å². The summed E-state index contributed by atoms with van der Waals surface area (Å²) in [6.07, 6.45) is -4.93. The number of ether oxygens (including phenoxy) is 2. The number of carbonyl (C=O) groups is 1. The number of pyridine rings is 1. The summed E-state index contributed by atoms with van der Waals surface area (Å²) in [5.41, 5.74) is -0.640. The van der Waals surface area contributed by atoms with Gasteiger partial charge in [0.2, 0.25) is 5.88 Å². The minimum Gasteiger partial charge on any atom is -0.504 e. The van der Waals surface area contributed by atoms with Crippen molar-refractivity contribution in [1.82, 2.24) is 4.98 Å². The zero-order valence-corrected chi connectivity index (χ0v) is 10.4. The molecule has 1 heterocycles. The molecule has 0 radical (unpaired) electrons. The average Bonchev–Trinajstić information content (AvgIpc) is 2.19. The molecule has 1 rings (SSSR count). The second kappa shape index (κ2) is 4.94. The predicted molar refractivity (Wildman–Crippen MR) is 56.6 cm³/mol. The van der Waals surface area contributed by atoms with Gasteiger partial charge < -0.3 is 14.6 Å². The number of methoxy groups -OCH3 is 1. The first-order valence-electron chi connectivity index (χ1n) is 3.98. The third-order valence-corrected chi connectivity index (χ3v) is 2.34. The van der Waals surface area contributed by atoms with Gasteiger partial charge in [-0.3, -0.25) is 0 Å². The summed E-state index contributed by atoms with van der Waals surface area (Å²) in [4.78, 5) is 14.3. The summed E-state index contributed by atoms with van der Waals surface area (Å²) >= 11 is 1.53. The number of esters is 1. The van der Waals surface area contributed by atoms with Crippen molar-refractivity contribution < 1.29 is 32.5 Å². The molecule has 0 fully saturated rings. The highest BCUT2D eigenvalue weighted by atomic mass is 127. The molecule has 0 unspecified atom stereocenters. The molecule has 0 atom stereocenters. The number of alkyl halides is 3. The highest BCUT2D eigenvalue weighted by Gasteiger charge is 2.33. The second-order valence-corrected chi connectivity index (χ2v) is 3.84. The SMILES string of the molecule is COC(=O)c1nc(OC(F)(F)F)cc(I)c1O. The fourth-order valence-electron chi connectivity index (χ4n) is 0.895. The van der Waals surface area contributed by atoms with E-state index in [1.165, 1.54) is 22.6 Å². The lowest BCUT2D eigenvalue weighted by atomic mass is 10.3. The Morgan fingerprint density at radius 2 is 2.12 bits per heavy atom. The summed E-state index contributed by atoms with van der Waals surface area (Å²) < 4.78 is 43.6. The minimum absolute atomic E-state index is 0.0164. The van der Waals surface area contributed by atoms with E-state index in [9.17, 15) is 23.1 Å². The number of rotatable bonds is 2. The van der Waals surface area contributed by atoms with E-state index < -0.39 is 29.7 Å². The number of aromatic nitrogens is 1. The highest BCUT2D eigenvalue weighted by Crippen LogP contribution is 2.29. The van der Waals surface area contributed by atoms with E-state index in [0.717, 1.165) is 13.2 Å². The third kappa shape index (κ3) is 3.61. The maximum Gasteiger partial charge on any atom is 0.574 e. The van der Waals surface area contributed by atoms with Gasteiger partial charge in [0.15, 0.2) is 11.4 Å². The zero-order valence-electron chi connectivity index (χ0n) is 8.21. The molecule has 0 saturated heterocycles. The molecule has 0 bridgehead atoms. The van der Waals surface area contributed by atoms with Crippen molar-refractivity contribution >= 4 is 28.6 Å². The fraction of sp³-hybridized carbons (Fsp3) is 0.250. The Morgan fingerprint density at radius 1 is 1.53 bits per heavy atom. The van der Waals surface area contributed by atoms with Gasteiger partial charge in [0.1, 0.15) is 0 Å². The highest BCUT2D eigenvalue weighted by molar-refractivity contribution is 14.1. The summed E-state index contributed by atoms with van der Waals surface area (Å²) in [5, 5.41) is 9.41. The molecule has 9 heteroatoms. The van der Waals surface area contributed by atoms with Crippen LogP contribution in [0.5, 0.6) is 11.6 Å². The van der Waals surface area contributed by atoms with Gasteiger partial charge in [-0.2, -0.15) is 0 Å². The smallest absolute Gasteiger partial charge is 0.504 e. The third-order valence-electron chi connectivity index (χ3n) is 1.52. The first kappa shape index (κ1) is 13.8. The second-order valence-electron chi connectivity index (χ2n) is 2.68. The van der Waals surface area contributed by atoms with E-state index in [4.69, 9.17) is 0 Å². The van der Waals surface area contributed by atoms with Gasteiger partial charge in [0.25, 0.3) is 0 Å². The average molecular weight is 363 g/mol. The fourth-order valence-corrected chi connectivity index (χ4v) is 1.42. The van der Waals surface area contributed by atoms with Crippen molar-refractivity contribution in [3.8, 4) is 11.6 Å². The van der Waals surface area contributed by atoms with Crippen LogP contribution in [0.3, 0.4) is 0 Å². The van der Waals surface area contributed by atoms with E-state index in [1.54, 1.807) is 0 Å². The summed E-state index contributed by atoms with van der Waals surface area (Å²) in [5.74, 6) is -2.47. The van der Waals surface area contributed by atoms with E-state index in [1.807, 2.05) is 0 Å². The quantitative estimate of drug-likeness (QED) is 0.644. The Hall–Kier alpha value is -1.26. The van der Waals surface area contributed by atoms with Gasteiger partial charge in [-0.1, -0.05) is 0 Å². The van der Waals surface area contributed by atoms with Crippen molar-refractivity contribution in [3.63, 3.8) is 0 Å². The molecular formula is C8H5F3INO4. The number of halogens is 4. The Bertz CT molecular complexity index is 449. The largest absolute Gasteiger partial charge is 0.574 e. The summed E-state index contributed by atoms with van der Waals surface area (Å²) in [6.45, 7) is 0. The maximum absolute atomic E-state index is 11.9. The van der Waals surface area contributed by atoms with Gasteiger partial charge in [-0.05, 0) is 22.6 Å². The van der Waals surface area contributed by atoms with Crippen LogP contribution in [0.25, 0.3) is 0 Å². The van der Waals surface area contributed by atoms with E-state index in [2.05, 4.69) is 14.5 Å². The number of hydrogen-bond donors (Lipinski definition) is 1. The van der Waals surface area contributed by atoms with Crippen LogP contribution in [0.2, 0.25) is 0 Å². The molecule has 0 saturated carbocycles. The lowest BCUT2D eigenvalue weighted by molar-refractivity contribution is -0.276. The van der Waals surface area contributed by atoms with E-state index in [-0.39, 0.29) is 3.57 Å². The number of aromatic hydroxyl groups is 1. The number of carbonyl (C=O) groups excluding carboxylic acids is 1. The number of hydrogen-bond acceptors (Lipinski definition) is 5. The molecule has 0 aliphatic rings. The first-order valence-corrected chi connectivity index (χ1v) is 5.06. The predicted octanol–water partition coefficient (Wildman–Crippen LogP) is 2.08. The lowest BCUT2D eigenvalue weighted by Gasteiger charge is -2.10. The molecule has 0 spiro atoms. The van der Waals surface area contributed by atoms with Crippen molar-refractivity contribution in [2.45, 2.75) is 6.36 Å². The first-order chi connectivity index (χ1) is 7.74. The molecule has 1 N–H and O–H groups in total.